The van der Waals surface area contributed by atoms with Crippen molar-refractivity contribution in [1.29, 1.82) is 0 Å². The van der Waals surface area contributed by atoms with Gasteiger partial charge in [0.1, 0.15) is 0 Å². The molecule has 4 aromatic carbocycles. The van der Waals surface area contributed by atoms with E-state index in [0.717, 1.165) is 33.8 Å². The number of nitrogens with zero attached hydrogens (tertiary/aromatic N) is 3. The van der Waals surface area contributed by atoms with Crippen LogP contribution in [0.2, 0.25) is 0 Å². The van der Waals surface area contributed by atoms with Gasteiger partial charge in [-0.1, -0.05) is 78.1 Å². The summed E-state index contributed by atoms with van der Waals surface area (Å²) in [5, 5.41) is 3.07. The van der Waals surface area contributed by atoms with E-state index in [1.54, 1.807) is 24.9 Å². The van der Waals surface area contributed by atoms with Crippen molar-refractivity contribution in [2.75, 3.05) is 19.5 Å². The maximum atomic E-state index is 14.5. The van der Waals surface area contributed by atoms with E-state index in [1.807, 2.05) is 74.5 Å². The highest BCUT2D eigenvalue weighted by Crippen LogP contribution is 2.36. The van der Waals surface area contributed by atoms with E-state index in [4.69, 9.17) is 14.5 Å². The van der Waals surface area contributed by atoms with Gasteiger partial charge in [-0.15, -0.1) is 0 Å². The number of carbonyl (C=O) groups excluding carboxylic acids is 1. The lowest BCUT2D eigenvalue weighted by atomic mass is 9.94. The Morgan fingerprint density at radius 2 is 1.51 bits per heavy atom. The Balaban J connectivity index is 1.33. The van der Waals surface area contributed by atoms with Crippen LogP contribution in [0.3, 0.4) is 0 Å². The summed E-state index contributed by atoms with van der Waals surface area (Å²) in [6.45, 7) is 7.88. The SMILES string of the molecule is COc1ccc(C2C(C(=O)Nc3ccccc3C)=C(C)N=c3sc(=Cc4cc(C)n(-c5ccc(-c6ccccc6)cc5)c4C)c(=O)n32)cc1OC. The van der Waals surface area contributed by atoms with E-state index in [0.29, 0.717) is 43.4 Å². The average Bonchev–Trinajstić information content (AvgIpc) is 3.60. The fourth-order valence-corrected chi connectivity index (χ4v) is 7.80. The zero-order valence-corrected chi connectivity index (χ0v) is 30.2. The van der Waals surface area contributed by atoms with Gasteiger partial charge in [0.05, 0.1) is 36.1 Å². The van der Waals surface area contributed by atoms with Crippen molar-refractivity contribution in [2.24, 2.45) is 4.99 Å². The number of nitrogens with one attached hydrogen (secondary N) is 1. The molecule has 0 bridgehead atoms. The first kappa shape index (κ1) is 33.6. The molecule has 9 heteroatoms. The minimum absolute atomic E-state index is 0.232. The minimum atomic E-state index is -0.761. The van der Waals surface area contributed by atoms with Gasteiger partial charge in [-0.2, -0.15) is 0 Å². The number of carbonyl (C=O) groups is 1. The first-order valence-corrected chi connectivity index (χ1v) is 17.5. The molecule has 1 atom stereocenters. The Kier molecular flexibility index (Phi) is 9.06. The third-order valence-corrected chi connectivity index (χ3v) is 10.4. The van der Waals surface area contributed by atoms with Gasteiger partial charge in [0.2, 0.25) is 0 Å². The van der Waals surface area contributed by atoms with Gasteiger partial charge >= 0.3 is 0 Å². The number of thiazole rings is 1. The predicted octanol–water partition coefficient (Wildman–Crippen LogP) is 7.27. The van der Waals surface area contributed by atoms with Crippen LogP contribution in [-0.2, 0) is 4.79 Å². The maximum absolute atomic E-state index is 14.5. The summed E-state index contributed by atoms with van der Waals surface area (Å²) in [6, 6.07) is 33.2. The van der Waals surface area contributed by atoms with Crippen LogP contribution >= 0.6 is 11.3 Å². The second kappa shape index (κ2) is 13.8. The first-order valence-electron chi connectivity index (χ1n) is 16.6. The smallest absolute Gasteiger partial charge is 0.271 e. The third kappa shape index (κ3) is 6.21. The van der Waals surface area contributed by atoms with E-state index in [2.05, 4.69) is 66.2 Å². The normalized spacial score (nSPS) is 14.2. The molecule has 0 saturated heterocycles. The molecule has 7 rings (SSSR count). The zero-order chi connectivity index (χ0) is 35.8. The van der Waals surface area contributed by atoms with Gasteiger partial charge in [-0.05, 0) is 98.0 Å². The van der Waals surface area contributed by atoms with Gasteiger partial charge < -0.3 is 19.4 Å². The summed E-state index contributed by atoms with van der Waals surface area (Å²) in [4.78, 5) is 33.9. The lowest BCUT2D eigenvalue weighted by Crippen LogP contribution is -2.40. The summed E-state index contributed by atoms with van der Waals surface area (Å²) in [6.07, 6.45) is 1.93. The number of allylic oxidation sites excluding steroid dienone is 1. The largest absolute Gasteiger partial charge is 0.493 e. The molecule has 256 valence electrons. The molecule has 1 aliphatic rings. The maximum Gasteiger partial charge on any atom is 0.271 e. The van der Waals surface area contributed by atoms with Crippen molar-refractivity contribution in [3.63, 3.8) is 0 Å². The molecular weight excluding hydrogens is 657 g/mol. The van der Waals surface area contributed by atoms with Crippen LogP contribution < -0.4 is 29.7 Å². The number of aryl methyl sites for hydroxylation is 2. The van der Waals surface area contributed by atoms with Crippen LogP contribution in [0, 0.1) is 20.8 Å². The molecular formula is C42H38N4O4S. The number of aromatic nitrogens is 2. The predicted molar refractivity (Wildman–Crippen MR) is 204 cm³/mol. The number of fused-ring (bicyclic) bond motifs is 1. The monoisotopic (exact) mass is 694 g/mol. The molecule has 0 spiro atoms. The summed E-state index contributed by atoms with van der Waals surface area (Å²) in [5.41, 5.74) is 9.34. The molecule has 8 nitrogen and oxygen atoms in total. The van der Waals surface area contributed by atoms with E-state index >= 15 is 0 Å². The molecule has 0 aliphatic carbocycles. The highest BCUT2D eigenvalue weighted by molar-refractivity contribution is 7.07. The number of ether oxygens (including phenoxy) is 2. The number of hydrogen-bond acceptors (Lipinski definition) is 6. The highest BCUT2D eigenvalue weighted by atomic mass is 32.1. The molecule has 1 N–H and O–H groups in total. The number of methoxy groups -OCH3 is 2. The minimum Gasteiger partial charge on any atom is -0.493 e. The molecule has 1 amide bonds. The van der Waals surface area contributed by atoms with Crippen LogP contribution in [0.4, 0.5) is 5.69 Å². The van der Waals surface area contributed by atoms with Crippen molar-refractivity contribution in [3.8, 4) is 28.3 Å². The molecule has 0 fully saturated rings. The fraction of sp³-hybridized carbons (Fsp3) is 0.167. The number of hydrogen-bond donors (Lipinski definition) is 1. The fourth-order valence-electron chi connectivity index (χ4n) is 6.76. The number of rotatable bonds is 8. The Labute approximate surface area is 300 Å². The number of anilines is 1. The summed E-state index contributed by atoms with van der Waals surface area (Å²) in [5.74, 6) is 0.710. The van der Waals surface area contributed by atoms with Crippen molar-refractivity contribution in [1.82, 2.24) is 9.13 Å². The molecule has 0 saturated carbocycles. The number of benzene rings is 4. The van der Waals surface area contributed by atoms with E-state index in [1.165, 1.54) is 16.9 Å². The van der Waals surface area contributed by atoms with Crippen LogP contribution in [0.25, 0.3) is 22.9 Å². The molecule has 51 heavy (non-hydrogen) atoms. The Morgan fingerprint density at radius 1 is 0.824 bits per heavy atom. The van der Waals surface area contributed by atoms with Crippen LogP contribution in [0.5, 0.6) is 11.5 Å². The van der Waals surface area contributed by atoms with Crippen LogP contribution in [0.15, 0.2) is 124 Å². The zero-order valence-electron chi connectivity index (χ0n) is 29.4. The van der Waals surface area contributed by atoms with Gasteiger partial charge in [0.25, 0.3) is 11.5 Å². The second-order valence-electron chi connectivity index (χ2n) is 12.5. The second-order valence-corrected chi connectivity index (χ2v) is 13.5. The molecule has 3 heterocycles. The van der Waals surface area contributed by atoms with Gasteiger partial charge in [-0.3, -0.25) is 14.2 Å². The summed E-state index contributed by atoms with van der Waals surface area (Å²) in [7, 11) is 3.14. The topological polar surface area (TPSA) is 86.9 Å². The number of amides is 1. The summed E-state index contributed by atoms with van der Waals surface area (Å²) < 4.78 is 15.5. The Morgan fingerprint density at radius 3 is 2.22 bits per heavy atom. The van der Waals surface area contributed by atoms with Crippen LogP contribution in [-0.4, -0.2) is 29.3 Å². The molecule has 2 aromatic heterocycles. The van der Waals surface area contributed by atoms with E-state index in [9.17, 15) is 9.59 Å². The molecule has 1 aliphatic heterocycles. The lowest BCUT2D eigenvalue weighted by Gasteiger charge is -2.26. The van der Waals surface area contributed by atoms with Gasteiger partial charge in [0, 0.05) is 22.8 Å². The Hall–Kier alpha value is -5.93. The summed E-state index contributed by atoms with van der Waals surface area (Å²) >= 11 is 1.31. The first-order chi connectivity index (χ1) is 24.7. The molecule has 6 aromatic rings. The average molecular weight is 695 g/mol. The standard InChI is InChI=1S/C42H38N4O4S/c1-25-12-10-11-15-34(25)44-40(47)38-27(3)43-42-46(39(38)31-18-21-35(49-5)36(23-31)50-6)41(48)37(51-42)24-32-22-26(2)45(28(32)4)33-19-16-30(17-20-33)29-13-8-7-9-14-29/h7-24,39H,1-6H3,(H,44,47). The van der Waals surface area contributed by atoms with E-state index in [-0.39, 0.29) is 11.5 Å². The van der Waals surface area contributed by atoms with Crippen LogP contribution in [0.1, 0.15) is 41.0 Å². The van der Waals surface area contributed by atoms with Gasteiger partial charge in [0.15, 0.2) is 16.3 Å². The quantitative estimate of drug-likeness (QED) is 0.182. The lowest BCUT2D eigenvalue weighted by molar-refractivity contribution is -0.113. The van der Waals surface area contributed by atoms with E-state index < -0.39 is 6.04 Å². The van der Waals surface area contributed by atoms with Crippen molar-refractivity contribution in [3.05, 3.63) is 162 Å². The Bertz CT molecular complexity index is 2510. The number of para-hydroxylation sites is 1. The van der Waals surface area contributed by atoms with Crippen molar-refractivity contribution in [2.45, 2.75) is 33.7 Å². The van der Waals surface area contributed by atoms with Gasteiger partial charge in [-0.25, -0.2) is 4.99 Å². The van der Waals surface area contributed by atoms with Crippen molar-refractivity contribution < 1.29 is 14.3 Å². The van der Waals surface area contributed by atoms with Crippen molar-refractivity contribution >= 4 is 29.0 Å². The third-order valence-electron chi connectivity index (χ3n) is 9.37. The molecule has 1 unspecified atom stereocenters. The highest BCUT2D eigenvalue weighted by Gasteiger charge is 2.33. The molecule has 0 radical (unpaired) electrons.